The predicted molar refractivity (Wildman–Crippen MR) is 90.9 cm³/mol. The van der Waals surface area contributed by atoms with Crippen LogP contribution < -0.4 is 15.6 Å². The van der Waals surface area contributed by atoms with E-state index < -0.39 is 0 Å². The molecular weight excluding hydrogens is 312 g/mol. The lowest BCUT2D eigenvalue weighted by Gasteiger charge is -2.10. The van der Waals surface area contributed by atoms with E-state index >= 15 is 0 Å². The second-order valence-electron chi connectivity index (χ2n) is 5.43. The molecule has 0 bridgehead atoms. The zero-order valence-corrected chi connectivity index (χ0v) is 14.4. The molecule has 2 amide bonds. The number of hydrogen-bond acceptors (Lipinski definition) is 4. The quantitative estimate of drug-likeness (QED) is 0.845. The Kier molecular flexibility index (Phi) is 5.39. The minimum Gasteiger partial charge on any atom is -0.491 e. The summed E-state index contributed by atoms with van der Waals surface area (Å²) in [5, 5.41) is 0. The number of rotatable bonds is 4. The van der Waals surface area contributed by atoms with Crippen molar-refractivity contribution < 1.29 is 14.3 Å². The van der Waals surface area contributed by atoms with Gasteiger partial charge >= 0.3 is 0 Å². The van der Waals surface area contributed by atoms with Gasteiger partial charge in [0.1, 0.15) is 5.75 Å². The molecule has 23 heavy (non-hydrogen) atoms. The molecular formula is C17H20N2O3S. The summed E-state index contributed by atoms with van der Waals surface area (Å²) in [4.78, 5) is 26.1. The van der Waals surface area contributed by atoms with Crippen LogP contribution in [-0.4, -0.2) is 17.9 Å². The van der Waals surface area contributed by atoms with Gasteiger partial charge in [-0.3, -0.25) is 20.4 Å². The van der Waals surface area contributed by atoms with Gasteiger partial charge in [0.05, 0.1) is 11.7 Å². The van der Waals surface area contributed by atoms with Crippen molar-refractivity contribution in [1.29, 1.82) is 0 Å². The van der Waals surface area contributed by atoms with Crippen molar-refractivity contribution in [3.8, 4) is 5.75 Å². The van der Waals surface area contributed by atoms with Crippen LogP contribution in [0, 0.1) is 13.8 Å². The second-order valence-corrected chi connectivity index (χ2v) is 6.89. The van der Waals surface area contributed by atoms with Crippen LogP contribution in [-0.2, 0) is 0 Å². The summed E-state index contributed by atoms with van der Waals surface area (Å²) in [5.74, 6) is 0.00368. The number of hydrogen-bond donors (Lipinski definition) is 2. The van der Waals surface area contributed by atoms with E-state index in [1.807, 2.05) is 27.7 Å². The fourth-order valence-electron chi connectivity index (χ4n) is 2.07. The maximum atomic E-state index is 12.1. The number of carbonyl (C=O) groups excluding carboxylic acids is 2. The second kappa shape index (κ2) is 7.28. The number of thiophene rings is 1. The molecule has 0 radical (unpaired) electrons. The molecule has 0 aliphatic rings. The van der Waals surface area contributed by atoms with Crippen molar-refractivity contribution in [2.75, 3.05) is 0 Å². The van der Waals surface area contributed by atoms with Crippen molar-refractivity contribution in [3.63, 3.8) is 0 Å². The van der Waals surface area contributed by atoms with Crippen molar-refractivity contribution in [3.05, 3.63) is 51.2 Å². The SMILES string of the molecule is Cc1cc(C(=O)NNC(=O)c2ccc(OC(C)C)cc2)c(C)s1. The van der Waals surface area contributed by atoms with Gasteiger partial charge in [-0.1, -0.05) is 0 Å². The molecule has 0 saturated carbocycles. The van der Waals surface area contributed by atoms with Gasteiger partial charge in [-0.05, 0) is 58.0 Å². The van der Waals surface area contributed by atoms with E-state index in [1.54, 1.807) is 41.7 Å². The number of carbonyl (C=O) groups is 2. The van der Waals surface area contributed by atoms with Crippen molar-refractivity contribution in [2.45, 2.75) is 33.8 Å². The highest BCUT2D eigenvalue weighted by molar-refractivity contribution is 7.12. The minimum absolute atomic E-state index is 0.0753. The number of benzene rings is 1. The average Bonchev–Trinajstić information content (AvgIpc) is 2.83. The van der Waals surface area contributed by atoms with Crippen molar-refractivity contribution in [1.82, 2.24) is 10.9 Å². The number of nitrogens with one attached hydrogen (secondary N) is 2. The average molecular weight is 332 g/mol. The third kappa shape index (κ3) is 4.56. The topological polar surface area (TPSA) is 67.4 Å². The van der Waals surface area contributed by atoms with Crippen LogP contribution in [0.3, 0.4) is 0 Å². The first-order chi connectivity index (χ1) is 10.9. The molecule has 5 nitrogen and oxygen atoms in total. The van der Waals surface area contributed by atoms with Crippen molar-refractivity contribution in [2.24, 2.45) is 0 Å². The lowest BCUT2D eigenvalue weighted by molar-refractivity contribution is 0.0846. The lowest BCUT2D eigenvalue weighted by atomic mass is 10.2. The van der Waals surface area contributed by atoms with Gasteiger partial charge in [-0.2, -0.15) is 0 Å². The van der Waals surface area contributed by atoms with Crippen LogP contribution in [0.5, 0.6) is 5.75 Å². The highest BCUT2D eigenvalue weighted by Gasteiger charge is 2.13. The van der Waals surface area contributed by atoms with E-state index in [4.69, 9.17) is 4.74 Å². The smallest absolute Gasteiger partial charge is 0.270 e. The Morgan fingerprint density at radius 2 is 1.65 bits per heavy atom. The molecule has 2 rings (SSSR count). The summed E-state index contributed by atoms with van der Waals surface area (Å²) in [6.07, 6.45) is 0.0753. The van der Waals surface area contributed by atoms with Gasteiger partial charge in [0.25, 0.3) is 11.8 Å². The van der Waals surface area contributed by atoms with E-state index in [0.29, 0.717) is 16.9 Å². The summed E-state index contributed by atoms with van der Waals surface area (Å²) in [6.45, 7) is 7.68. The molecule has 1 aromatic carbocycles. The van der Waals surface area contributed by atoms with E-state index in [1.165, 1.54) is 0 Å². The standard InChI is InChI=1S/C17H20N2O3S/c1-10(2)22-14-7-5-13(6-8-14)16(20)18-19-17(21)15-9-11(3)23-12(15)4/h5-10H,1-4H3,(H,18,20)(H,19,21). The zero-order valence-electron chi connectivity index (χ0n) is 13.6. The molecule has 1 heterocycles. The number of ether oxygens (including phenoxy) is 1. The van der Waals surface area contributed by atoms with E-state index in [-0.39, 0.29) is 17.9 Å². The fraction of sp³-hybridized carbons (Fsp3) is 0.294. The van der Waals surface area contributed by atoms with E-state index in [9.17, 15) is 9.59 Å². The molecule has 2 aromatic rings. The Hall–Kier alpha value is -2.34. The summed E-state index contributed by atoms with van der Waals surface area (Å²) >= 11 is 1.55. The normalized spacial score (nSPS) is 10.5. The Morgan fingerprint density at radius 3 is 2.17 bits per heavy atom. The highest BCUT2D eigenvalue weighted by Crippen LogP contribution is 2.20. The molecule has 0 spiro atoms. The first kappa shape index (κ1) is 17.0. The van der Waals surface area contributed by atoms with Gasteiger partial charge in [0, 0.05) is 15.3 Å². The Balaban J connectivity index is 1.94. The Labute approximate surface area is 139 Å². The molecule has 0 atom stereocenters. The Bertz CT molecular complexity index is 705. The Morgan fingerprint density at radius 1 is 1.04 bits per heavy atom. The van der Waals surface area contributed by atoms with Crippen molar-refractivity contribution >= 4 is 23.2 Å². The van der Waals surface area contributed by atoms with Gasteiger partial charge in [-0.15, -0.1) is 11.3 Å². The van der Waals surface area contributed by atoms with Crippen LogP contribution in [0.1, 0.15) is 44.3 Å². The fourth-order valence-corrected chi connectivity index (χ4v) is 2.99. The minimum atomic E-state index is -0.376. The van der Waals surface area contributed by atoms with E-state index in [2.05, 4.69) is 10.9 Å². The maximum Gasteiger partial charge on any atom is 0.270 e. The lowest BCUT2D eigenvalue weighted by Crippen LogP contribution is -2.41. The van der Waals surface area contributed by atoms with Gasteiger partial charge < -0.3 is 4.74 Å². The third-order valence-electron chi connectivity index (χ3n) is 3.06. The number of amides is 2. The van der Waals surface area contributed by atoms with Crippen LogP contribution in [0.15, 0.2) is 30.3 Å². The molecule has 0 fully saturated rings. The molecule has 0 aliphatic heterocycles. The molecule has 2 N–H and O–H groups in total. The molecule has 0 unspecified atom stereocenters. The number of hydrazine groups is 1. The van der Waals surface area contributed by atoms with E-state index in [0.717, 1.165) is 9.75 Å². The first-order valence-corrected chi connectivity index (χ1v) is 8.13. The van der Waals surface area contributed by atoms with Crippen LogP contribution in [0.2, 0.25) is 0 Å². The predicted octanol–water partition coefficient (Wildman–Crippen LogP) is 3.23. The molecule has 1 aromatic heterocycles. The summed E-state index contributed by atoms with van der Waals surface area (Å²) in [5.41, 5.74) is 5.88. The number of aryl methyl sites for hydroxylation is 2. The zero-order chi connectivity index (χ0) is 17.0. The first-order valence-electron chi connectivity index (χ1n) is 7.31. The van der Waals surface area contributed by atoms with Gasteiger partial charge in [0.15, 0.2) is 0 Å². The summed E-state index contributed by atoms with van der Waals surface area (Å²) < 4.78 is 5.52. The molecule has 0 saturated heterocycles. The summed E-state index contributed by atoms with van der Waals surface area (Å²) in [6, 6.07) is 8.56. The molecule has 0 aliphatic carbocycles. The maximum absolute atomic E-state index is 12.1. The van der Waals surface area contributed by atoms with Crippen LogP contribution in [0.25, 0.3) is 0 Å². The van der Waals surface area contributed by atoms with Crippen LogP contribution >= 0.6 is 11.3 Å². The largest absolute Gasteiger partial charge is 0.491 e. The molecule has 6 heteroatoms. The monoisotopic (exact) mass is 332 g/mol. The summed E-state index contributed by atoms with van der Waals surface area (Å²) in [7, 11) is 0. The third-order valence-corrected chi connectivity index (χ3v) is 4.03. The van der Waals surface area contributed by atoms with Gasteiger partial charge in [-0.25, -0.2) is 0 Å². The van der Waals surface area contributed by atoms with Crippen LogP contribution in [0.4, 0.5) is 0 Å². The molecule has 122 valence electrons. The highest BCUT2D eigenvalue weighted by atomic mass is 32.1. The van der Waals surface area contributed by atoms with Gasteiger partial charge in [0.2, 0.25) is 0 Å².